The van der Waals surface area contributed by atoms with Crippen LogP contribution in [0.1, 0.15) is 29.7 Å². The molecular formula is C24H32N6O. The van der Waals surface area contributed by atoms with E-state index in [-0.39, 0.29) is 0 Å². The summed E-state index contributed by atoms with van der Waals surface area (Å²) in [5.74, 6) is 2.84. The van der Waals surface area contributed by atoms with Gasteiger partial charge in [0.05, 0.1) is 26.3 Å². The number of aromatic nitrogens is 3. The Morgan fingerprint density at radius 3 is 2.32 bits per heavy atom. The van der Waals surface area contributed by atoms with Crippen LogP contribution in [0.15, 0.2) is 65.7 Å². The number of aryl methyl sites for hydroxylation is 1. The molecule has 0 saturated carbocycles. The first-order valence-corrected chi connectivity index (χ1v) is 10.6. The predicted octanol–water partition coefficient (Wildman–Crippen LogP) is 3.21. The lowest BCUT2D eigenvalue weighted by molar-refractivity contribution is 0.0931. The molecule has 1 atom stereocenters. The SMILES string of the molecule is Cc1nnc(CNC(=NCc2ccccc2)NCC(C)COCc2ccccc2)n1C. The van der Waals surface area contributed by atoms with Gasteiger partial charge in [0.15, 0.2) is 11.8 Å². The van der Waals surface area contributed by atoms with Crippen LogP contribution in [0.3, 0.4) is 0 Å². The quantitative estimate of drug-likeness (QED) is 0.389. The van der Waals surface area contributed by atoms with E-state index in [4.69, 9.17) is 9.73 Å². The smallest absolute Gasteiger partial charge is 0.191 e. The monoisotopic (exact) mass is 420 g/mol. The normalized spacial score (nSPS) is 12.5. The van der Waals surface area contributed by atoms with E-state index in [0.29, 0.717) is 32.2 Å². The summed E-state index contributed by atoms with van der Waals surface area (Å²) in [7, 11) is 1.96. The van der Waals surface area contributed by atoms with Crippen molar-refractivity contribution in [3.63, 3.8) is 0 Å². The molecule has 0 fully saturated rings. The first kappa shape index (κ1) is 22.5. The molecule has 1 aromatic heterocycles. The van der Waals surface area contributed by atoms with E-state index in [1.54, 1.807) is 0 Å². The molecule has 0 radical (unpaired) electrons. The Bertz CT molecular complexity index is 939. The minimum Gasteiger partial charge on any atom is -0.376 e. The standard InChI is InChI=1S/C24H32N6O/c1-19(17-31-18-22-12-8-5-9-13-22)14-25-24(26-15-21-10-6-4-7-11-21)27-16-23-29-28-20(2)30(23)3/h4-13,19H,14-18H2,1-3H3,(H2,25,26,27). The summed E-state index contributed by atoms with van der Waals surface area (Å²) in [6, 6.07) is 20.5. The molecular weight excluding hydrogens is 388 g/mol. The number of nitrogens with one attached hydrogen (secondary N) is 2. The zero-order valence-electron chi connectivity index (χ0n) is 18.6. The molecule has 7 heteroatoms. The second-order valence-electron chi connectivity index (χ2n) is 7.71. The molecule has 3 aromatic rings. The number of hydrogen-bond donors (Lipinski definition) is 2. The van der Waals surface area contributed by atoms with Crippen LogP contribution in [0.4, 0.5) is 0 Å². The lowest BCUT2D eigenvalue weighted by Crippen LogP contribution is -2.40. The van der Waals surface area contributed by atoms with Crippen molar-refractivity contribution in [2.75, 3.05) is 13.2 Å². The highest BCUT2D eigenvalue weighted by molar-refractivity contribution is 5.79. The van der Waals surface area contributed by atoms with Gasteiger partial charge < -0.3 is 19.9 Å². The summed E-state index contributed by atoms with van der Waals surface area (Å²) in [6.07, 6.45) is 0. The molecule has 164 valence electrons. The highest BCUT2D eigenvalue weighted by atomic mass is 16.5. The van der Waals surface area contributed by atoms with Gasteiger partial charge in [-0.05, 0) is 24.0 Å². The number of benzene rings is 2. The molecule has 2 aromatic carbocycles. The van der Waals surface area contributed by atoms with Crippen LogP contribution >= 0.6 is 0 Å². The van der Waals surface area contributed by atoms with E-state index in [1.807, 2.05) is 54.9 Å². The molecule has 31 heavy (non-hydrogen) atoms. The summed E-state index contributed by atoms with van der Waals surface area (Å²) in [6.45, 7) is 7.33. The number of rotatable bonds is 10. The van der Waals surface area contributed by atoms with E-state index in [1.165, 1.54) is 5.56 Å². The summed E-state index contributed by atoms with van der Waals surface area (Å²) >= 11 is 0. The predicted molar refractivity (Wildman–Crippen MR) is 123 cm³/mol. The molecule has 0 saturated heterocycles. The minimum atomic E-state index is 0.338. The fraction of sp³-hybridized carbons (Fsp3) is 0.375. The first-order valence-electron chi connectivity index (χ1n) is 10.6. The number of guanidine groups is 1. The zero-order valence-corrected chi connectivity index (χ0v) is 18.6. The van der Waals surface area contributed by atoms with Gasteiger partial charge in [0.2, 0.25) is 0 Å². The maximum atomic E-state index is 5.87. The van der Waals surface area contributed by atoms with Crippen LogP contribution in [-0.2, 0) is 31.5 Å². The maximum absolute atomic E-state index is 5.87. The van der Waals surface area contributed by atoms with Gasteiger partial charge in [-0.25, -0.2) is 4.99 Å². The highest BCUT2D eigenvalue weighted by Crippen LogP contribution is 2.04. The first-order chi connectivity index (χ1) is 15.1. The summed E-state index contributed by atoms with van der Waals surface area (Å²) < 4.78 is 7.84. The lowest BCUT2D eigenvalue weighted by Gasteiger charge is -2.17. The zero-order chi connectivity index (χ0) is 21.9. The van der Waals surface area contributed by atoms with Gasteiger partial charge in [0.25, 0.3) is 0 Å². The largest absolute Gasteiger partial charge is 0.376 e. The number of ether oxygens (including phenoxy) is 1. The molecule has 1 heterocycles. The van der Waals surface area contributed by atoms with Crippen molar-refractivity contribution in [2.24, 2.45) is 18.0 Å². The van der Waals surface area contributed by atoms with Gasteiger partial charge in [-0.3, -0.25) is 0 Å². The van der Waals surface area contributed by atoms with Crippen LogP contribution in [0.5, 0.6) is 0 Å². The van der Waals surface area contributed by atoms with Crippen LogP contribution < -0.4 is 10.6 Å². The maximum Gasteiger partial charge on any atom is 0.191 e. The Morgan fingerprint density at radius 1 is 1.00 bits per heavy atom. The second-order valence-corrected chi connectivity index (χ2v) is 7.71. The van der Waals surface area contributed by atoms with Crippen LogP contribution in [0, 0.1) is 12.8 Å². The van der Waals surface area contributed by atoms with Crippen molar-refractivity contribution in [3.05, 3.63) is 83.4 Å². The van der Waals surface area contributed by atoms with Crippen LogP contribution in [-0.4, -0.2) is 33.9 Å². The van der Waals surface area contributed by atoms with Crippen molar-refractivity contribution >= 4 is 5.96 Å². The molecule has 0 aliphatic heterocycles. The van der Waals surface area contributed by atoms with Gasteiger partial charge in [-0.2, -0.15) is 0 Å². The number of aliphatic imine (C=N–C) groups is 1. The molecule has 7 nitrogen and oxygen atoms in total. The minimum absolute atomic E-state index is 0.338. The van der Waals surface area contributed by atoms with Crippen molar-refractivity contribution in [1.82, 2.24) is 25.4 Å². The Kier molecular flexibility index (Phi) is 8.60. The van der Waals surface area contributed by atoms with E-state index >= 15 is 0 Å². The van der Waals surface area contributed by atoms with Gasteiger partial charge in [0, 0.05) is 13.6 Å². The molecule has 0 aliphatic carbocycles. The van der Waals surface area contributed by atoms with Crippen molar-refractivity contribution in [3.8, 4) is 0 Å². The molecule has 0 aliphatic rings. The molecule has 0 spiro atoms. The summed E-state index contributed by atoms with van der Waals surface area (Å²) in [4.78, 5) is 4.74. The summed E-state index contributed by atoms with van der Waals surface area (Å²) in [5.41, 5.74) is 2.35. The molecule has 2 N–H and O–H groups in total. The van der Waals surface area contributed by atoms with Crippen molar-refractivity contribution in [2.45, 2.75) is 33.5 Å². The van der Waals surface area contributed by atoms with E-state index in [2.05, 4.69) is 52.0 Å². The number of hydrogen-bond acceptors (Lipinski definition) is 4. The Hall–Kier alpha value is -3.19. The third-order valence-corrected chi connectivity index (χ3v) is 4.99. The van der Waals surface area contributed by atoms with Gasteiger partial charge in [-0.1, -0.05) is 67.6 Å². The molecule has 0 amide bonds. The van der Waals surface area contributed by atoms with Crippen molar-refractivity contribution in [1.29, 1.82) is 0 Å². The van der Waals surface area contributed by atoms with Gasteiger partial charge in [0.1, 0.15) is 5.82 Å². The Labute approximate surface area is 184 Å². The fourth-order valence-corrected chi connectivity index (χ4v) is 2.98. The molecule has 0 bridgehead atoms. The van der Waals surface area contributed by atoms with E-state index in [0.717, 1.165) is 29.7 Å². The van der Waals surface area contributed by atoms with E-state index < -0.39 is 0 Å². The lowest BCUT2D eigenvalue weighted by atomic mass is 10.2. The third kappa shape index (κ3) is 7.53. The van der Waals surface area contributed by atoms with Crippen LogP contribution in [0.2, 0.25) is 0 Å². The second kappa shape index (κ2) is 11.9. The Balaban J connectivity index is 1.51. The average Bonchev–Trinajstić information content (AvgIpc) is 3.12. The fourth-order valence-electron chi connectivity index (χ4n) is 2.98. The van der Waals surface area contributed by atoms with E-state index in [9.17, 15) is 0 Å². The summed E-state index contributed by atoms with van der Waals surface area (Å²) in [5, 5.41) is 15.1. The van der Waals surface area contributed by atoms with Gasteiger partial charge >= 0.3 is 0 Å². The molecule has 3 rings (SSSR count). The average molecular weight is 421 g/mol. The molecule has 1 unspecified atom stereocenters. The van der Waals surface area contributed by atoms with Gasteiger partial charge in [-0.15, -0.1) is 10.2 Å². The topological polar surface area (TPSA) is 76.4 Å². The third-order valence-electron chi connectivity index (χ3n) is 4.99. The van der Waals surface area contributed by atoms with Crippen molar-refractivity contribution < 1.29 is 4.74 Å². The Morgan fingerprint density at radius 2 is 1.68 bits per heavy atom. The van der Waals surface area contributed by atoms with Crippen LogP contribution in [0.25, 0.3) is 0 Å². The highest BCUT2D eigenvalue weighted by Gasteiger charge is 2.08. The number of nitrogens with zero attached hydrogens (tertiary/aromatic N) is 4.